The summed E-state index contributed by atoms with van der Waals surface area (Å²) in [6.07, 6.45) is 2.61. The van der Waals surface area contributed by atoms with Crippen LogP contribution in [0.1, 0.15) is 25.3 Å². The van der Waals surface area contributed by atoms with Gasteiger partial charge < -0.3 is 19.9 Å². The summed E-state index contributed by atoms with van der Waals surface area (Å²) in [5.41, 5.74) is 6.38. The van der Waals surface area contributed by atoms with Gasteiger partial charge in [-0.05, 0) is 31.9 Å². The van der Waals surface area contributed by atoms with Crippen LogP contribution in [0, 0.1) is 0 Å². The lowest BCUT2D eigenvalue weighted by atomic mass is 10.2. The molecule has 0 radical (unpaired) electrons. The molecule has 4 nitrogen and oxygen atoms in total. The fraction of sp³-hybridized carbons (Fsp3) is 0.500. The van der Waals surface area contributed by atoms with Crippen LogP contribution in [0.25, 0.3) is 0 Å². The number of benzene rings is 1. The van der Waals surface area contributed by atoms with Gasteiger partial charge in [0.2, 0.25) is 0 Å². The molecule has 2 unspecified atom stereocenters. The number of nitrogens with two attached hydrogens (primary N) is 1. The molecule has 0 bridgehead atoms. The molecule has 0 aliphatic carbocycles. The molecule has 19 heavy (non-hydrogen) atoms. The first-order valence-electron chi connectivity index (χ1n) is 6.35. The maximum absolute atomic E-state index is 5.75. The molecule has 0 saturated carbocycles. The van der Waals surface area contributed by atoms with E-state index >= 15 is 0 Å². The third kappa shape index (κ3) is 3.81. The van der Waals surface area contributed by atoms with Crippen molar-refractivity contribution in [3.8, 4) is 11.5 Å². The summed E-state index contributed by atoms with van der Waals surface area (Å²) >= 11 is 4.98. The minimum Gasteiger partial charge on any atom is -0.497 e. The van der Waals surface area contributed by atoms with E-state index in [0.717, 1.165) is 18.4 Å². The molecule has 1 saturated heterocycles. The van der Waals surface area contributed by atoms with Crippen LogP contribution in [0.2, 0.25) is 0 Å². The molecule has 1 aliphatic rings. The van der Waals surface area contributed by atoms with E-state index in [9.17, 15) is 0 Å². The number of ether oxygens (including phenoxy) is 3. The van der Waals surface area contributed by atoms with Crippen molar-refractivity contribution in [2.75, 3.05) is 13.7 Å². The highest BCUT2D eigenvalue weighted by atomic mass is 32.1. The van der Waals surface area contributed by atoms with E-state index in [1.165, 1.54) is 0 Å². The Hall–Kier alpha value is -1.33. The zero-order valence-electron chi connectivity index (χ0n) is 11.2. The molecule has 2 rings (SSSR count). The minimum absolute atomic E-state index is 0.162. The Balaban J connectivity index is 2.02. The van der Waals surface area contributed by atoms with Crippen molar-refractivity contribution in [1.82, 2.24) is 0 Å². The Kier molecular flexibility index (Phi) is 4.61. The van der Waals surface area contributed by atoms with Gasteiger partial charge in [0.15, 0.2) is 0 Å². The van der Waals surface area contributed by atoms with Crippen molar-refractivity contribution in [3.63, 3.8) is 0 Å². The Morgan fingerprint density at radius 1 is 1.37 bits per heavy atom. The Labute approximate surface area is 118 Å². The molecule has 1 aliphatic heterocycles. The van der Waals surface area contributed by atoms with E-state index < -0.39 is 0 Å². The van der Waals surface area contributed by atoms with Gasteiger partial charge >= 0.3 is 0 Å². The summed E-state index contributed by atoms with van der Waals surface area (Å²) in [5.74, 6) is 1.38. The average Bonchev–Trinajstić information content (AvgIpc) is 2.81. The molecule has 1 aromatic carbocycles. The first-order chi connectivity index (χ1) is 9.08. The van der Waals surface area contributed by atoms with Gasteiger partial charge in [0.1, 0.15) is 23.1 Å². The lowest BCUT2D eigenvalue weighted by Crippen LogP contribution is -2.18. The SMILES string of the molecule is COc1cc(OCC2CCC(C)O2)cc(C(N)=S)c1. The summed E-state index contributed by atoms with van der Waals surface area (Å²) in [5, 5.41) is 0. The maximum atomic E-state index is 5.75. The topological polar surface area (TPSA) is 53.7 Å². The fourth-order valence-corrected chi connectivity index (χ4v) is 2.23. The monoisotopic (exact) mass is 281 g/mol. The quantitative estimate of drug-likeness (QED) is 0.839. The van der Waals surface area contributed by atoms with Crippen molar-refractivity contribution in [2.45, 2.75) is 32.0 Å². The van der Waals surface area contributed by atoms with Crippen LogP contribution < -0.4 is 15.2 Å². The van der Waals surface area contributed by atoms with Gasteiger partial charge in [-0.2, -0.15) is 0 Å². The second kappa shape index (κ2) is 6.21. The van der Waals surface area contributed by atoms with Crippen LogP contribution >= 0.6 is 12.2 Å². The molecular weight excluding hydrogens is 262 g/mol. The van der Waals surface area contributed by atoms with E-state index in [4.69, 9.17) is 32.2 Å². The van der Waals surface area contributed by atoms with Gasteiger partial charge in [-0.1, -0.05) is 12.2 Å². The lowest BCUT2D eigenvalue weighted by Gasteiger charge is -2.14. The zero-order valence-corrected chi connectivity index (χ0v) is 12.0. The van der Waals surface area contributed by atoms with Gasteiger partial charge in [0.25, 0.3) is 0 Å². The van der Waals surface area contributed by atoms with Gasteiger partial charge in [-0.15, -0.1) is 0 Å². The van der Waals surface area contributed by atoms with Gasteiger partial charge in [-0.3, -0.25) is 0 Å². The first-order valence-corrected chi connectivity index (χ1v) is 6.76. The van der Waals surface area contributed by atoms with Crippen molar-refractivity contribution < 1.29 is 14.2 Å². The van der Waals surface area contributed by atoms with Crippen LogP contribution in [-0.4, -0.2) is 30.9 Å². The summed E-state index contributed by atoms with van der Waals surface area (Å²) in [6.45, 7) is 2.62. The van der Waals surface area contributed by atoms with Crippen LogP contribution in [0.3, 0.4) is 0 Å². The molecule has 2 N–H and O–H groups in total. The molecule has 0 aromatic heterocycles. The average molecular weight is 281 g/mol. The zero-order chi connectivity index (χ0) is 13.8. The van der Waals surface area contributed by atoms with Crippen LogP contribution in [-0.2, 0) is 4.74 Å². The second-order valence-electron chi connectivity index (χ2n) is 4.72. The third-order valence-corrected chi connectivity index (χ3v) is 3.39. The number of hydrogen-bond acceptors (Lipinski definition) is 4. The number of hydrogen-bond donors (Lipinski definition) is 1. The normalized spacial score (nSPS) is 22.2. The number of methoxy groups -OCH3 is 1. The second-order valence-corrected chi connectivity index (χ2v) is 5.16. The third-order valence-electron chi connectivity index (χ3n) is 3.16. The fourth-order valence-electron chi connectivity index (χ4n) is 2.11. The summed E-state index contributed by atoms with van der Waals surface area (Å²) < 4.78 is 16.7. The van der Waals surface area contributed by atoms with Gasteiger partial charge in [0.05, 0.1) is 19.3 Å². The highest BCUT2D eigenvalue weighted by molar-refractivity contribution is 7.80. The molecular formula is C14H19NO3S. The summed E-state index contributed by atoms with van der Waals surface area (Å²) in [4.78, 5) is 0.328. The van der Waals surface area contributed by atoms with Crippen molar-refractivity contribution in [2.24, 2.45) is 5.73 Å². The van der Waals surface area contributed by atoms with Gasteiger partial charge in [0, 0.05) is 11.6 Å². The Morgan fingerprint density at radius 3 is 2.68 bits per heavy atom. The van der Waals surface area contributed by atoms with E-state index in [-0.39, 0.29) is 6.10 Å². The highest BCUT2D eigenvalue weighted by Gasteiger charge is 2.22. The molecule has 5 heteroatoms. The molecule has 1 fully saturated rings. The Morgan fingerprint density at radius 2 is 2.11 bits per heavy atom. The number of thiocarbonyl (C=S) groups is 1. The van der Waals surface area contributed by atoms with Crippen LogP contribution in [0.5, 0.6) is 11.5 Å². The first kappa shape index (κ1) is 14.1. The van der Waals surface area contributed by atoms with Gasteiger partial charge in [-0.25, -0.2) is 0 Å². The van der Waals surface area contributed by atoms with E-state index in [2.05, 4.69) is 6.92 Å². The van der Waals surface area contributed by atoms with Crippen molar-refractivity contribution in [1.29, 1.82) is 0 Å². The summed E-state index contributed by atoms with van der Waals surface area (Å²) in [6, 6.07) is 5.44. The van der Waals surface area contributed by atoms with Crippen molar-refractivity contribution in [3.05, 3.63) is 23.8 Å². The van der Waals surface area contributed by atoms with E-state index in [0.29, 0.717) is 29.2 Å². The molecule has 1 heterocycles. The Bertz CT molecular complexity index is 464. The largest absolute Gasteiger partial charge is 0.497 e. The molecule has 104 valence electrons. The van der Waals surface area contributed by atoms with E-state index in [1.54, 1.807) is 13.2 Å². The molecule has 0 amide bonds. The number of rotatable bonds is 5. The predicted molar refractivity (Wildman–Crippen MR) is 77.9 cm³/mol. The standard InChI is InChI=1S/C14H19NO3S/c1-9-3-4-11(18-9)8-17-13-6-10(14(15)19)5-12(7-13)16-2/h5-7,9,11H,3-4,8H2,1-2H3,(H2,15,19). The van der Waals surface area contributed by atoms with Crippen molar-refractivity contribution >= 4 is 17.2 Å². The lowest BCUT2D eigenvalue weighted by molar-refractivity contribution is 0.0264. The summed E-state index contributed by atoms with van der Waals surface area (Å²) in [7, 11) is 1.60. The van der Waals surface area contributed by atoms with Crippen LogP contribution in [0.4, 0.5) is 0 Å². The smallest absolute Gasteiger partial charge is 0.123 e. The molecule has 2 atom stereocenters. The van der Waals surface area contributed by atoms with E-state index in [1.807, 2.05) is 12.1 Å². The predicted octanol–water partition coefficient (Wildman–Crippen LogP) is 2.28. The minimum atomic E-state index is 0.162. The maximum Gasteiger partial charge on any atom is 0.123 e. The van der Waals surface area contributed by atoms with Crippen LogP contribution in [0.15, 0.2) is 18.2 Å². The highest BCUT2D eigenvalue weighted by Crippen LogP contribution is 2.25. The molecule has 1 aromatic rings. The molecule has 0 spiro atoms.